The van der Waals surface area contributed by atoms with Gasteiger partial charge in [0, 0.05) is 0 Å². The third-order valence-electron chi connectivity index (χ3n) is 2.81. The summed E-state index contributed by atoms with van der Waals surface area (Å²) in [6, 6.07) is 5.99. The minimum absolute atomic E-state index is 0.280. The third-order valence-corrected chi connectivity index (χ3v) is 2.81. The predicted octanol–water partition coefficient (Wildman–Crippen LogP) is 1.25. The lowest BCUT2D eigenvalue weighted by Gasteiger charge is -2.13. The maximum atomic E-state index is 5.62. The normalized spacial score (nSPS) is 10.9. The summed E-state index contributed by atoms with van der Waals surface area (Å²) in [6.45, 7) is 4.55. The molecule has 0 amide bonds. The molecular formula is C12H17N5O. The fourth-order valence-corrected chi connectivity index (χ4v) is 1.75. The number of benzene rings is 1. The monoisotopic (exact) mass is 247 g/mol. The highest BCUT2D eigenvalue weighted by Gasteiger charge is 2.13. The number of hydrogen-bond acceptors (Lipinski definition) is 5. The fourth-order valence-electron chi connectivity index (χ4n) is 1.75. The van der Waals surface area contributed by atoms with Crippen molar-refractivity contribution in [3.05, 3.63) is 29.6 Å². The first-order valence-electron chi connectivity index (χ1n) is 5.83. The van der Waals surface area contributed by atoms with Crippen LogP contribution in [-0.4, -0.2) is 27.3 Å². The summed E-state index contributed by atoms with van der Waals surface area (Å²) < 4.78 is 6.96. The number of ether oxygens (including phenoxy) is 1. The number of rotatable bonds is 4. The van der Waals surface area contributed by atoms with Crippen molar-refractivity contribution in [3.8, 4) is 11.4 Å². The lowest BCUT2D eigenvalue weighted by Crippen LogP contribution is -2.09. The van der Waals surface area contributed by atoms with Crippen molar-refractivity contribution in [3.63, 3.8) is 0 Å². The highest BCUT2D eigenvalue weighted by atomic mass is 16.5. The van der Waals surface area contributed by atoms with E-state index in [1.54, 1.807) is 11.8 Å². The molecule has 0 unspecified atom stereocenters. The Hall–Kier alpha value is -1.95. The number of methoxy groups -OCH3 is 1. The number of tetrazole rings is 1. The maximum Gasteiger partial charge on any atom is 0.170 e. The lowest BCUT2D eigenvalue weighted by atomic mass is 10.0. The van der Waals surface area contributed by atoms with Crippen LogP contribution in [0.3, 0.4) is 0 Å². The Morgan fingerprint density at radius 1 is 1.39 bits per heavy atom. The molecule has 1 heterocycles. The molecule has 2 rings (SSSR count). The molecule has 96 valence electrons. The van der Waals surface area contributed by atoms with Gasteiger partial charge in [0.25, 0.3) is 0 Å². The second kappa shape index (κ2) is 5.14. The quantitative estimate of drug-likeness (QED) is 0.879. The van der Waals surface area contributed by atoms with Crippen molar-refractivity contribution in [2.45, 2.75) is 26.3 Å². The zero-order chi connectivity index (χ0) is 13.1. The molecule has 0 atom stereocenters. The molecule has 0 aliphatic heterocycles. The van der Waals surface area contributed by atoms with E-state index >= 15 is 0 Å². The standard InChI is InChI=1S/C12H17N5O/c1-8(2)9-4-5-11(18-3)10(6-9)17-12(7-13)14-15-16-17/h4-6,8H,7,13H2,1-3H3. The Bertz CT molecular complexity index is 535. The van der Waals surface area contributed by atoms with Crippen molar-refractivity contribution in [1.29, 1.82) is 0 Å². The van der Waals surface area contributed by atoms with Gasteiger partial charge < -0.3 is 10.5 Å². The van der Waals surface area contributed by atoms with Gasteiger partial charge in [-0.05, 0) is 34.0 Å². The van der Waals surface area contributed by atoms with Gasteiger partial charge in [0.15, 0.2) is 5.82 Å². The molecule has 0 fully saturated rings. The average molecular weight is 247 g/mol. The topological polar surface area (TPSA) is 78.8 Å². The molecule has 0 aliphatic rings. The van der Waals surface area contributed by atoms with Crippen LogP contribution in [0.1, 0.15) is 31.2 Å². The van der Waals surface area contributed by atoms with E-state index in [4.69, 9.17) is 10.5 Å². The highest BCUT2D eigenvalue weighted by molar-refractivity contribution is 5.49. The molecule has 1 aromatic carbocycles. The second-order valence-corrected chi connectivity index (χ2v) is 4.30. The van der Waals surface area contributed by atoms with Crippen LogP contribution in [0, 0.1) is 0 Å². The number of nitrogens with zero attached hydrogens (tertiary/aromatic N) is 4. The first-order valence-corrected chi connectivity index (χ1v) is 5.83. The molecule has 0 aliphatic carbocycles. The van der Waals surface area contributed by atoms with Crippen LogP contribution in [0.15, 0.2) is 18.2 Å². The molecule has 0 saturated heterocycles. The van der Waals surface area contributed by atoms with Crippen molar-refractivity contribution < 1.29 is 4.74 Å². The van der Waals surface area contributed by atoms with E-state index in [0.29, 0.717) is 11.7 Å². The number of aromatic nitrogens is 4. The minimum Gasteiger partial charge on any atom is -0.494 e. The van der Waals surface area contributed by atoms with Gasteiger partial charge in [-0.25, -0.2) is 0 Å². The Morgan fingerprint density at radius 2 is 2.17 bits per heavy atom. The molecule has 0 radical (unpaired) electrons. The molecule has 1 aromatic heterocycles. The predicted molar refractivity (Wildman–Crippen MR) is 67.7 cm³/mol. The first kappa shape index (κ1) is 12.5. The van der Waals surface area contributed by atoms with Crippen LogP contribution in [0.25, 0.3) is 5.69 Å². The largest absolute Gasteiger partial charge is 0.494 e. The molecule has 0 saturated carbocycles. The Balaban J connectivity index is 2.57. The van der Waals surface area contributed by atoms with Crippen LogP contribution < -0.4 is 10.5 Å². The van der Waals surface area contributed by atoms with E-state index in [0.717, 1.165) is 11.4 Å². The van der Waals surface area contributed by atoms with Gasteiger partial charge in [-0.15, -0.1) is 5.10 Å². The maximum absolute atomic E-state index is 5.62. The molecule has 0 bridgehead atoms. The summed E-state index contributed by atoms with van der Waals surface area (Å²) in [7, 11) is 1.63. The van der Waals surface area contributed by atoms with E-state index in [9.17, 15) is 0 Å². The van der Waals surface area contributed by atoms with Crippen molar-refractivity contribution in [2.75, 3.05) is 7.11 Å². The zero-order valence-corrected chi connectivity index (χ0v) is 10.8. The van der Waals surface area contributed by atoms with Gasteiger partial charge in [0.05, 0.1) is 13.7 Å². The molecular weight excluding hydrogens is 230 g/mol. The molecule has 6 nitrogen and oxygen atoms in total. The molecule has 2 N–H and O–H groups in total. The van der Waals surface area contributed by atoms with E-state index in [1.807, 2.05) is 18.2 Å². The summed E-state index contributed by atoms with van der Waals surface area (Å²) in [5, 5.41) is 11.5. The third kappa shape index (κ3) is 2.19. The minimum atomic E-state index is 0.280. The molecule has 0 spiro atoms. The van der Waals surface area contributed by atoms with Gasteiger partial charge in [-0.1, -0.05) is 19.9 Å². The van der Waals surface area contributed by atoms with Gasteiger partial charge in [-0.2, -0.15) is 4.68 Å². The van der Waals surface area contributed by atoms with Gasteiger partial charge in [0.1, 0.15) is 11.4 Å². The van der Waals surface area contributed by atoms with Crippen molar-refractivity contribution in [1.82, 2.24) is 20.2 Å². The summed E-state index contributed by atoms with van der Waals surface area (Å²) >= 11 is 0. The van der Waals surface area contributed by atoms with Crippen LogP contribution in [0.4, 0.5) is 0 Å². The van der Waals surface area contributed by atoms with Crippen LogP contribution in [-0.2, 0) is 6.54 Å². The van der Waals surface area contributed by atoms with Crippen molar-refractivity contribution in [2.24, 2.45) is 5.73 Å². The zero-order valence-electron chi connectivity index (χ0n) is 10.8. The fraction of sp³-hybridized carbons (Fsp3) is 0.417. The van der Waals surface area contributed by atoms with Crippen molar-refractivity contribution >= 4 is 0 Å². The van der Waals surface area contributed by atoms with Crippen LogP contribution in [0.2, 0.25) is 0 Å². The summed E-state index contributed by atoms with van der Waals surface area (Å²) in [6.07, 6.45) is 0. The van der Waals surface area contributed by atoms with Crippen LogP contribution in [0.5, 0.6) is 5.75 Å². The van der Waals surface area contributed by atoms with E-state index in [1.165, 1.54) is 5.56 Å². The van der Waals surface area contributed by atoms with Gasteiger partial charge in [0.2, 0.25) is 0 Å². The van der Waals surface area contributed by atoms with E-state index in [-0.39, 0.29) is 6.54 Å². The SMILES string of the molecule is COc1ccc(C(C)C)cc1-n1nnnc1CN. The van der Waals surface area contributed by atoms with Crippen LogP contribution >= 0.6 is 0 Å². The Morgan fingerprint density at radius 3 is 2.78 bits per heavy atom. The Labute approximate surface area is 106 Å². The second-order valence-electron chi connectivity index (χ2n) is 4.30. The van der Waals surface area contributed by atoms with Gasteiger partial charge >= 0.3 is 0 Å². The molecule has 6 heteroatoms. The van der Waals surface area contributed by atoms with Gasteiger partial charge in [-0.3, -0.25) is 0 Å². The number of hydrogen-bond donors (Lipinski definition) is 1. The van der Waals surface area contributed by atoms with E-state index < -0.39 is 0 Å². The summed E-state index contributed by atoms with van der Waals surface area (Å²) in [5.74, 6) is 1.75. The first-order chi connectivity index (χ1) is 8.67. The van der Waals surface area contributed by atoms with E-state index in [2.05, 4.69) is 29.4 Å². The smallest absolute Gasteiger partial charge is 0.170 e. The summed E-state index contributed by atoms with van der Waals surface area (Å²) in [4.78, 5) is 0. The average Bonchev–Trinajstić information content (AvgIpc) is 2.85. The molecule has 2 aromatic rings. The number of nitrogens with two attached hydrogens (primary N) is 1. The lowest BCUT2D eigenvalue weighted by molar-refractivity contribution is 0.410. The molecule has 18 heavy (non-hydrogen) atoms. The Kier molecular flexibility index (Phi) is 3.57. The highest BCUT2D eigenvalue weighted by Crippen LogP contribution is 2.27. The summed E-state index contributed by atoms with van der Waals surface area (Å²) in [5.41, 5.74) is 7.63.